The third-order valence-electron chi connectivity index (χ3n) is 13.8. The lowest BCUT2D eigenvalue weighted by molar-refractivity contribution is 0.590. The number of hydrogen-bond donors (Lipinski definition) is 0. The zero-order chi connectivity index (χ0) is 46.6. The molecule has 0 aliphatic carbocycles. The molecule has 330 valence electrons. The summed E-state index contributed by atoms with van der Waals surface area (Å²) < 4.78 is 0. The maximum absolute atomic E-state index is 2.43. The summed E-state index contributed by atoms with van der Waals surface area (Å²) in [4.78, 5) is 4.80. The molecule has 0 spiro atoms. The van der Waals surface area contributed by atoms with Gasteiger partial charge in [-0.1, -0.05) is 205 Å². The highest BCUT2D eigenvalue weighted by atomic mass is 15.1. The molecule has 11 aromatic carbocycles. The van der Waals surface area contributed by atoms with E-state index in [2.05, 4.69) is 282 Å². The van der Waals surface area contributed by atoms with E-state index in [1.54, 1.807) is 0 Å². The second-order valence-corrected chi connectivity index (χ2v) is 20.3. The summed E-state index contributed by atoms with van der Waals surface area (Å²) in [7, 11) is 0. The van der Waals surface area contributed by atoms with E-state index >= 15 is 0 Å². The van der Waals surface area contributed by atoms with Crippen LogP contribution < -0.4 is 9.80 Å². The molecule has 0 bridgehead atoms. The Labute approximate surface area is 401 Å². The van der Waals surface area contributed by atoms with Crippen molar-refractivity contribution in [3.8, 4) is 33.4 Å². The van der Waals surface area contributed by atoms with Crippen LogP contribution in [-0.4, -0.2) is 0 Å². The first-order chi connectivity index (χ1) is 33.0. The lowest BCUT2D eigenvalue weighted by atomic mass is 9.87. The lowest BCUT2D eigenvalue weighted by Crippen LogP contribution is -2.13. The van der Waals surface area contributed by atoms with E-state index in [0.29, 0.717) is 0 Å². The Bertz CT molecular complexity index is 3510. The first-order valence-corrected chi connectivity index (χ1v) is 23.9. The molecule has 2 heteroatoms. The first kappa shape index (κ1) is 42.7. The van der Waals surface area contributed by atoms with Gasteiger partial charge in [0.1, 0.15) is 0 Å². The molecule has 0 atom stereocenters. The van der Waals surface area contributed by atoms with Crippen LogP contribution in [-0.2, 0) is 10.8 Å². The van der Waals surface area contributed by atoms with Crippen molar-refractivity contribution in [3.63, 3.8) is 0 Å². The molecule has 0 radical (unpaired) electrons. The minimum absolute atomic E-state index is 0.0541. The Morgan fingerprint density at radius 3 is 1.04 bits per heavy atom. The monoisotopic (exact) mass is 876 g/mol. The SMILES string of the molecule is CC(C)(C)c1ccc(N(c2ccc(-c3ccccc3)cc2)c2ccc(-c3ccc4ccc5c(N(c6ccc(-c7ccccc7)cc6)c6ccc(C(C)(C)C)cc6)ccc6ccc3c4c65)cc2)cc1. The molecule has 2 nitrogen and oxygen atoms in total. The standard InChI is InChI=1S/C66H56N2/c1-65(2,3)52-27-37-56(38-28-52)67(54-31-17-47(18-32-54)45-13-9-7-10-14-45)55-35-21-49(22-36-55)59-41-23-50-25-43-61-62(44-26-51-24-42-60(59)63(50)64(51)61)68(58-39-29-53(30-40-58)66(4,5)6)57-33-19-48(20-34-57)46-15-11-8-12-16-46/h7-44H,1-6H3. The molecule has 11 aromatic rings. The van der Waals surface area contributed by atoms with E-state index in [1.165, 1.54) is 76.8 Å². The normalized spacial score (nSPS) is 12.0. The van der Waals surface area contributed by atoms with Crippen LogP contribution in [0.5, 0.6) is 0 Å². The van der Waals surface area contributed by atoms with Crippen molar-refractivity contribution in [2.24, 2.45) is 0 Å². The van der Waals surface area contributed by atoms with Gasteiger partial charge in [-0.2, -0.15) is 0 Å². The summed E-state index contributed by atoms with van der Waals surface area (Å²) in [5.74, 6) is 0. The predicted molar refractivity (Wildman–Crippen MR) is 293 cm³/mol. The first-order valence-electron chi connectivity index (χ1n) is 23.9. The molecule has 0 unspecified atom stereocenters. The molecule has 0 aromatic heterocycles. The molecule has 0 N–H and O–H groups in total. The summed E-state index contributed by atoms with van der Waals surface area (Å²) in [6.07, 6.45) is 0. The minimum Gasteiger partial charge on any atom is -0.311 e. The van der Waals surface area contributed by atoms with Crippen LogP contribution in [0.1, 0.15) is 52.7 Å². The number of benzene rings is 11. The molecule has 0 saturated heterocycles. The number of hydrogen-bond acceptors (Lipinski definition) is 2. The third kappa shape index (κ3) is 7.96. The van der Waals surface area contributed by atoms with E-state index in [-0.39, 0.29) is 10.8 Å². The van der Waals surface area contributed by atoms with Crippen LogP contribution in [0.25, 0.3) is 65.7 Å². The van der Waals surface area contributed by atoms with Gasteiger partial charge in [0.25, 0.3) is 0 Å². The van der Waals surface area contributed by atoms with Crippen molar-refractivity contribution in [2.75, 3.05) is 9.80 Å². The molecule has 0 fully saturated rings. The molecule has 0 aliphatic heterocycles. The second-order valence-electron chi connectivity index (χ2n) is 20.3. The van der Waals surface area contributed by atoms with Gasteiger partial charge in [-0.15, -0.1) is 0 Å². The Morgan fingerprint density at radius 1 is 0.265 bits per heavy atom. The summed E-state index contributed by atoms with van der Waals surface area (Å²) in [6.45, 7) is 13.6. The maximum Gasteiger partial charge on any atom is 0.0540 e. The largest absolute Gasteiger partial charge is 0.311 e. The van der Waals surface area contributed by atoms with Crippen LogP contribution in [0.2, 0.25) is 0 Å². The molecule has 0 amide bonds. The lowest BCUT2D eigenvalue weighted by Gasteiger charge is -2.29. The predicted octanol–water partition coefficient (Wildman–Crippen LogP) is 19.1. The fraction of sp³-hybridized carbons (Fsp3) is 0.121. The van der Waals surface area contributed by atoms with Gasteiger partial charge >= 0.3 is 0 Å². The average Bonchev–Trinajstić information content (AvgIpc) is 3.37. The van der Waals surface area contributed by atoms with Gasteiger partial charge in [0.2, 0.25) is 0 Å². The van der Waals surface area contributed by atoms with Crippen LogP contribution in [0.4, 0.5) is 34.1 Å². The van der Waals surface area contributed by atoms with Crippen molar-refractivity contribution in [1.29, 1.82) is 0 Å². The number of anilines is 6. The van der Waals surface area contributed by atoms with E-state index in [0.717, 1.165) is 34.1 Å². The molecule has 0 aliphatic rings. The van der Waals surface area contributed by atoms with E-state index in [1.807, 2.05) is 0 Å². The smallest absolute Gasteiger partial charge is 0.0540 e. The van der Waals surface area contributed by atoms with E-state index in [9.17, 15) is 0 Å². The Kier molecular flexibility index (Phi) is 10.7. The Morgan fingerprint density at radius 2 is 0.603 bits per heavy atom. The quantitative estimate of drug-likeness (QED) is 0.133. The van der Waals surface area contributed by atoms with Crippen LogP contribution >= 0.6 is 0 Å². The van der Waals surface area contributed by atoms with Gasteiger partial charge in [-0.3, -0.25) is 0 Å². The van der Waals surface area contributed by atoms with Crippen LogP contribution in [0, 0.1) is 0 Å². The van der Waals surface area contributed by atoms with E-state index in [4.69, 9.17) is 0 Å². The van der Waals surface area contributed by atoms with E-state index < -0.39 is 0 Å². The average molecular weight is 877 g/mol. The summed E-state index contributed by atoms with van der Waals surface area (Å²) in [5, 5.41) is 7.55. The fourth-order valence-electron chi connectivity index (χ4n) is 9.98. The summed E-state index contributed by atoms with van der Waals surface area (Å²) in [5.41, 5.74) is 16.8. The number of rotatable bonds is 9. The molecular weight excluding hydrogens is 821 g/mol. The van der Waals surface area contributed by atoms with Crippen molar-refractivity contribution in [2.45, 2.75) is 52.4 Å². The minimum atomic E-state index is 0.0541. The van der Waals surface area contributed by atoms with Crippen molar-refractivity contribution >= 4 is 66.4 Å². The second kappa shape index (κ2) is 17.0. The van der Waals surface area contributed by atoms with Gasteiger partial charge in [0, 0.05) is 33.8 Å². The van der Waals surface area contributed by atoms with Crippen molar-refractivity contribution in [1.82, 2.24) is 0 Å². The highest BCUT2D eigenvalue weighted by Crippen LogP contribution is 2.47. The molecule has 0 heterocycles. The zero-order valence-corrected chi connectivity index (χ0v) is 39.8. The van der Waals surface area contributed by atoms with Crippen LogP contribution in [0.15, 0.2) is 231 Å². The van der Waals surface area contributed by atoms with Crippen LogP contribution in [0.3, 0.4) is 0 Å². The maximum atomic E-state index is 2.43. The van der Waals surface area contributed by atoms with Gasteiger partial charge in [-0.25, -0.2) is 0 Å². The summed E-state index contributed by atoms with van der Waals surface area (Å²) >= 11 is 0. The fourth-order valence-corrected chi connectivity index (χ4v) is 9.98. The molecule has 68 heavy (non-hydrogen) atoms. The van der Waals surface area contributed by atoms with Crippen molar-refractivity contribution < 1.29 is 0 Å². The van der Waals surface area contributed by atoms with Gasteiger partial charge in [0.05, 0.1) is 5.69 Å². The number of nitrogens with zero attached hydrogens (tertiary/aromatic N) is 2. The van der Waals surface area contributed by atoms with Crippen molar-refractivity contribution in [3.05, 3.63) is 242 Å². The third-order valence-corrected chi connectivity index (χ3v) is 13.8. The zero-order valence-electron chi connectivity index (χ0n) is 39.8. The molecule has 11 rings (SSSR count). The van der Waals surface area contributed by atoms with Gasteiger partial charge in [0.15, 0.2) is 0 Å². The molecular formula is C66H56N2. The van der Waals surface area contributed by atoms with Gasteiger partial charge in [-0.05, 0) is 149 Å². The highest BCUT2D eigenvalue weighted by Gasteiger charge is 2.22. The Balaban J connectivity index is 1.01. The Hall–Kier alpha value is -7.94. The highest BCUT2D eigenvalue weighted by molar-refractivity contribution is 6.28. The molecule has 0 saturated carbocycles. The topological polar surface area (TPSA) is 6.48 Å². The summed E-state index contributed by atoms with van der Waals surface area (Å²) in [6, 6.07) is 85.1. The van der Waals surface area contributed by atoms with Gasteiger partial charge < -0.3 is 9.80 Å².